The fourth-order valence-electron chi connectivity index (χ4n) is 4.17. The SMILES string of the molecule is CC(C)CC(=O)N1CCC(Cn2nc(-c3ccncc3Cl)n(-c3ccc(F)cc3)c2=O)CC1. The van der Waals surface area contributed by atoms with Gasteiger partial charge in [-0.1, -0.05) is 25.4 Å². The Balaban J connectivity index is 1.61. The first-order chi connectivity index (χ1) is 15.8. The Labute approximate surface area is 196 Å². The van der Waals surface area contributed by atoms with Crippen LogP contribution in [0, 0.1) is 17.7 Å². The van der Waals surface area contributed by atoms with Crippen molar-refractivity contribution in [1.29, 1.82) is 0 Å². The Morgan fingerprint density at radius 2 is 1.88 bits per heavy atom. The highest BCUT2D eigenvalue weighted by molar-refractivity contribution is 6.33. The molecule has 0 bridgehead atoms. The predicted molar refractivity (Wildman–Crippen MR) is 125 cm³/mol. The van der Waals surface area contributed by atoms with E-state index in [1.54, 1.807) is 24.4 Å². The molecule has 1 amide bonds. The molecule has 0 radical (unpaired) electrons. The van der Waals surface area contributed by atoms with Gasteiger partial charge in [-0.2, -0.15) is 0 Å². The van der Waals surface area contributed by atoms with Crippen molar-refractivity contribution < 1.29 is 9.18 Å². The maximum Gasteiger partial charge on any atom is 0.350 e. The number of benzene rings is 1. The van der Waals surface area contributed by atoms with Crippen molar-refractivity contribution in [2.75, 3.05) is 13.1 Å². The van der Waals surface area contributed by atoms with Gasteiger partial charge >= 0.3 is 5.69 Å². The molecule has 1 aliphatic rings. The van der Waals surface area contributed by atoms with Crippen LogP contribution in [0.15, 0.2) is 47.5 Å². The van der Waals surface area contributed by atoms with Crippen molar-refractivity contribution in [3.63, 3.8) is 0 Å². The van der Waals surface area contributed by atoms with Crippen molar-refractivity contribution in [3.8, 4) is 17.1 Å². The number of nitrogens with zero attached hydrogens (tertiary/aromatic N) is 5. The van der Waals surface area contributed by atoms with Crippen LogP contribution in [0.4, 0.5) is 4.39 Å². The number of carbonyl (C=O) groups is 1. The summed E-state index contributed by atoms with van der Waals surface area (Å²) < 4.78 is 16.4. The summed E-state index contributed by atoms with van der Waals surface area (Å²) in [5, 5.41) is 4.98. The van der Waals surface area contributed by atoms with Crippen LogP contribution in [-0.2, 0) is 11.3 Å². The van der Waals surface area contributed by atoms with Gasteiger partial charge in [0.1, 0.15) is 5.82 Å². The highest BCUT2D eigenvalue weighted by atomic mass is 35.5. The number of pyridine rings is 1. The van der Waals surface area contributed by atoms with E-state index in [0.717, 1.165) is 12.8 Å². The number of likely N-dealkylation sites (tertiary alicyclic amines) is 1. The molecule has 9 heteroatoms. The second-order valence-electron chi connectivity index (χ2n) is 8.88. The summed E-state index contributed by atoms with van der Waals surface area (Å²) in [7, 11) is 0. The number of carbonyl (C=O) groups excluding carboxylic acids is 1. The Kier molecular flexibility index (Phi) is 6.93. The van der Waals surface area contributed by atoms with Crippen molar-refractivity contribution in [2.45, 2.75) is 39.7 Å². The molecule has 4 rings (SSSR count). The number of piperidine rings is 1. The minimum Gasteiger partial charge on any atom is -0.343 e. The number of amides is 1. The maximum absolute atomic E-state index is 13.5. The monoisotopic (exact) mass is 471 g/mol. The lowest BCUT2D eigenvalue weighted by atomic mass is 9.96. The molecule has 0 unspecified atom stereocenters. The molecule has 2 aromatic heterocycles. The van der Waals surface area contributed by atoms with E-state index >= 15 is 0 Å². The third-order valence-electron chi connectivity index (χ3n) is 5.92. The van der Waals surface area contributed by atoms with Crippen molar-refractivity contribution in [3.05, 3.63) is 64.0 Å². The van der Waals surface area contributed by atoms with Crippen LogP contribution in [0.1, 0.15) is 33.1 Å². The Hall–Kier alpha value is -3.00. The number of hydrogen-bond acceptors (Lipinski definition) is 4. The zero-order chi connectivity index (χ0) is 23.5. The Morgan fingerprint density at radius 1 is 1.18 bits per heavy atom. The zero-order valence-corrected chi connectivity index (χ0v) is 19.5. The normalized spacial score (nSPS) is 14.8. The molecule has 0 spiro atoms. The van der Waals surface area contributed by atoms with Crippen LogP contribution in [0.2, 0.25) is 5.02 Å². The molecule has 0 N–H and O–H groups in total. The largest absolute Gasteiger partial charge is 0.350 e. The summed E-state index contributed by atoms with van der Waals surface area (Å²) in [5.41, 5.74) is 0.758. The molecule has 3 heterocycles. The lowest BCUT2D eigenvalue weighted by Gasteiger charge is -2.32. The van der Waals surface area contributed by atoms with Crippen molar-refractivity contribution in [1.82, 2.24) is 24.2 Å². The summed E-state index contributed by atoms with van der Waals surface area (Å²) in [6, 6.07) is 7.40. The lowest BCUT2D eigenvalue weighted by molar-refractivity contribution is -0.133. The first kappa shape index (κ1) is 23.2. The highest BCUT2D eigenvalue weighted by Gasteiger charge is 2.26. The van der Waals surface area contributed by atoms with Gasteiger partial charge < -0.3 is 4.90 Å². The summed E-state index contributed by atoms with van der Waals surface area (Å²) in [4.78, 5) is 31.7. The molecule has 0 atom stereocenters. The second-order valence-corrected chi connectivity index (χ2v) is 9.28. The molecular formula is C24H27ClFN5O2. The first-order valence-electron chi connectivity index (χ1n) is 11.2. The maximum atomic E-state index is 13.5. The van der Waals surface area contributed by atoms with Gasteiger partial charge in [0, 0.05) is 44.0 Å². The van der Waals surface area contributed by atoms with Gasteiger partial charge in [0.05, 0.1) is 10.7 Å². The predicted octanol–water partition coefficient (Wildman–Crippen LogP) is 4.17. The fourth-order valence-corrected chi connectivity index (χ4v) is 4.37. The van der Waals surface area contributed by atoms with Gasteiger partial charge in [-0.15, -0.1) is 5.10 Å². The Bertz CT molecular complexity index is 1180. The van der Waals surface area contributed by atoms with Crippen LogP contribution in [-0.4, -0.2) is 43.2 Å². The zero-order valence-electron chi connectivity index (χ0n) is 18.7. The molecule has 33 heavy (non-hydrogen) atoms. The molecular weight excluding hydrogens is 445 g/mol. The van der Waals surface area contributed by atoms with Crippen molar-refractivity contribution in [2.24, 2.45) is 11.8 Å². The van der Waals surface area contributed by atoms with E-state index in [1.807, 2.05) is 18.7 Å². The average Bonchev–Trinajstić information content (AvgIpc) is 3.10. The van der Waals surface area contributed by atoms with E-state index in [4.69, 9.17) is 11.6 Å². The quantitative estimate of drug-likeness (QED) is 0.540. The van der Waals surface area contributed by atoms with Crippen LogP contribution in [0.3, 0.4) is 0 Å². The first-order valence-corrected chi connectivity index (χ1v) is 11.5. The van der Waals surface area contributed by atoms with Gasteiger partial charge in [-0.05, 0) is 55.0 Å². The minimum absolute atomic E-state index is 0.191. The van der Waals surface area contributed by atoms with Gasteiger partial charge in [0.15, 0.2) is 5.82 Å². The molecule has 1 aliphatic heterocycles. The lowest BCUT2D eigenvalue weighted by Crippen LogP contribution is -2.40. The molecule has 0 aliphatic carbocycles. The molecule has 1 fully saturated rings. The molecule has 174 valence electrons. The third-order valence-corrected chi connectivity index (χ3v) is 6.22. The molecule has 1 saturated heterocycles. The molecule has 7 nitrogen and oxygen atoms in total. The van der Waals surface area contributed by atoms with Crippen molar-refractivity contribution >= 4 is 17.5 Å². The minimum atomic E-state index is -0.388. The van der Waals surface area contributed by atoms with Crippen LogP contribution in [0.5, 0.6) is 0 Å². The average molecular weight is 472 g/mol. The topological polar surface area (TPSA) is 73.0 Å². The summed E-state index contributed by atoms with van der Waals surface area (Å²) in [6.07, 6.45) is 5.27. The fraction of sp³-hybridized carbons (Fsp3) is 0.417. The number of hydrogen-bond donors (Lipinski definition) is 0. The molecule has 1 aromatic carbocycles. The van der Waals surface area contributed by atoms with Gasteiger partial charge in [0.25, 0.3) is 0 Å². The number of rotatable bonds is 6. The van der Waals surface area contributed by atoms with Gasteiger partial charge in [-0.3, -0.25) is 9.78 Å². The van der Waals surface area contributed by atoms with E-state index in [9.17, 15) is 14.0 Å². The van der Waals surface area contributed by atoms with Gasteiger partial charge in [-0.25, -0.2) is 18.4 Å². The van der Waals surface area contributed by atoms with E-state index < -0.39 is 0 Å². The standard InChI is InChI=1S/C24H27ClFN5O2/c1-16(2)13-22(32)29-11-8-17(9-12-29)15-30-24(33)31(19-5-3-18(26)4-6-19)23(28-30)20-7-10-27-14-21(20)25/h3-7,10,14,16-17H,8-9,11-13,15H2,1-2H3. The van der Waals surface area contributed by atoms with Gasteiger partial charge in [0.2, 0.25) is 5.91 Å². The molecule has 3 aromatic rings. The Morgan fingerprint density at radius 3 is 2.52 bits per heavy atom. The van der Waals surface area contributed by atoms with Crippen LogP contribution >= 0.6 is 11.6 Å². The summed E-state index contributed by atoms with van der Waals surface area (Å²) >= 11 is 6.35. The van der Waals surface area contributed by atoms with E-state index in [2.05, 4.69) is 10.1 Å². The third kappa shape index (κ3) is 5.16. The number of halogens is 2. The summed E-state index contributed by atoms with van der Waals surface area (Å²) in [6.45, 7) is 5.90. The van der Waals surface area contributed by atoms with Crippen LogP contribution in [0.25, 0.3) is 17.1 Å². The van der Waals surface area contributed by atoms with E-state index in [1.165, 1.54) is 27.6 Å². The van der Waals surface area contributed by atoms with E-state index in [-0.39, 0.29) is 23.3 Å². The second kappa shape index (κ2) is 9.87. The molecule has 0 saturated carbocycles. The summed E-state index contributed by atoms with van der Waals surface area (Å²) in [5.74, 6) is 0.742. The van der Waals surface area contributed by atoms with E-state index in [0.29, 0.717) is 54.1 Å². The number of aromatic nitrogens is 4. The smallest absolute Gasteiger partial charge is 0.343 e. The highest BCUT2D eigenvalue weighted by Crippen LogP contribution is 2.27. The van der Waals surface area contributed by atoms with Crippen LogP contribution < -0.4 is 5.69 Å².